The molecule has 0 fully saturated rings. The van der Waals surface area contributed by atoms with Crippen LogP contribution in [0.25, 0.3) is 5.78 Å². The molecule has 0 radical (unpaired) electrons. The van der Waals surface area contributed by atoms with E-state index in [4.69, 9.17) is 0 Å². The van der Waals surface area contributed by atoms with Crippen LogP contribution in [0.5, 0.6) is 0 Å². The van der Waals surface area contributed by atoms with Crippen molar-refractivity contribution in [3.63, 3.8) is 0 Å². The third-order valence-electron chi connectivity index (χ3n) is 4.92. The first-order valence-corrected chi connectivity index (χ1v) is 11.0. The van der Waals surface area contributed by atoms with Crippen molar-refractivity contribution in [2.45, 2.75) is 28.8 Å². The topological polar surface area (TPSA) is 81.4 Å². The maximum Gasteiger partial charge on any atom is 0.417 e. The lowest BCUT2D eigenvalue weighted by molar-refractivity contribution is -0.139. The average Bonchev–Trinajstić information content (AvgIpc) is 3.25. The van der Waals surface area contributed by atoms with E-state index in [-0.39, 0.29) is 17.1 Å². The summed E-state index contributed by atoms with van der Waals surface area (Å²) in [5.74, 6) is 0.328. The van der Waals surface area contributed by atoms with Crippen molar-refractivity contribution < 1.29 is 26.4 Å². The lowest BCUT2D eigenvalue weighted by atomic mass is 10.0. The number of hydrogen-bond acceptors (Lipinski definition) is 5. The molecule has 0 atom stereocenters. The number of carbonyl (C=O) groups excluding carboxylic acids is 1. The van der Waals surface area contributed by atoms with Crippen molar-refractivity contribution in [1.29, 1.82) is 0 Å². The number of rotatable bonds is 6. The second-order valence-corrected chi connectivity index (χ2v) is 8.96. The van der Waals surface area contributed by atoms with E-state index in [2.05, 4.69) is 9.97 Å². The number of aromatic nitrogens is 3. The molecule has 0 amide bonds. The van der Waals surface area contributed by atoms with Gasteiger partial charge in [0.2, 0.25) is 15.6 Å². The Bertz CT molecular complexity index is 1400. The van der Waals surface area contributed by atoms with Crippen LogP contribution in [0, 0.1) is 0 Å². The molecule has 2 heterocycles. The van der Waals surface area contributed by atoms with Gasteiger partial charge in [0.05, 0.1) is 20.9 Å². The molecule has 32 heavy (non-hydrogen) atoms. The molecular formula is C22H16F3N3O3S. The molecule has 0 N–H and O–H groups in total. The molecule has 164 valence electrons. The van der Waals surface area contributed by atoms with E-state index in [1.54, 1.807) is 23.0 Å². The molecule has 0 unspecified atom stereocenters. The standard InChI is InChI=1S/C22H16F3N3O3S/c23-22(24,25)18-3-1-2-4-20(18)32(30,31)17-8-5-15(6-9-17)7-10-19(29)16-13-27-21-26-11-12-28(21)14-16/h1-6,8-9,11-14H,7,10H2. The number of hydrogen-bond donors (Lipinski definition) is 0. The van der Waals surface area contributed by atoms with Crippen LogP contribution < -0.4 is 0 Å². The number of sulfone groups is 1. The largest absolute Gasteiger partial charge is 0.417 e. The van der Waals surface area contributed by atoms with Crippen LogP contribution in [-0.4, -0.2) is 28.6 Å². The average molecular weight is 459 g/mol. The smallest absolute Gasteiger partial charge is 0.294 e. The van der Waals surface area contributed by atoms with Crippen molar-refractivity contribution in [3.8, 4) is 0 Å². The van der Waals surface area contributed by atoms with Crippen LogP contribution in [-0.2, 0) is 22.4 Å². The molecule has 6 nitrogen and oxygen atoms in total. The van der Waals surface area contributed by atoms with Crippen molar-refractivity contribution in [2.75, 3.05) is 0 Å². The summed E-state index contributed by atoms with van der Waals surface area (Å²) in [5.41, 5.74) is -0.116. The Kier molecular flexibility index (Phi) is 5.55. The van der Waals surface area contributed by atoms with Crippen LogP contribution in [0.2, 0.25) is 0 Å². The molecular weight excluding hydrogens is 443 g/mol. The Morgan fingerprint density at radius 2 is 1.72 bits per heavy atom. The lowest BCUT2D eigenvalue weighted by Gasteiger charge is -2.13. The van der Waals surface area contributed by atoms with Gasteiger partial charge in [0.1, 0.15) is 0 Å². The minimum atomic E-state index is -4.79. The summed E-state index contributed by atoms with van der Waals surface area (Å²) in [6.45, 7) is 0. The summed E-state index contributed by atoms with van der Waals surface area (Å²) in [6, 6.07) is 9.56. The number of benzene rings is 2. The molecule has 0 saturated carbocycles. The SMILES string of the molecule is O=C(CCc1ccc(S(=O)(=O)c2ccccc2C(F)(F)F)cc1)c1cnc2nccn2c1. The Labute approximate surface area is 181 Å². The van der Waals surface area contributed by atoms with E-state index in [0.717, 1.165) is 18.2 Å². The van der Waals surface area contributed by atoms with Crippen molar-refractivity contribution in [2.24, 2.45) is 0 Å². The first-order valence-electron chi connectivity index (χ1n) is 9.48. The van der Waals surface area contributed by atoms with Gasteiger partial charge in [-0.25, -0.2) is 18.4 Å². The van der Waals surface area contributed by atoms with Crippen LogP contribution in [0.1, 0.15) is 27.9 Å². The predicted molar refractivity (Wildman–Crippen MR) is 109 cm³/mol. The number of carbonyl (C=O) groups is 1. The maximum absolute atomic E-state index is 13.2. The highest BCUT2D eigenvalue weighted by Crippen LogP contribution is 2.36. The van der Waals surface area contributed by atoms with Gasteiger partial charge < -0.3 is 0 Å². The number of imidazole rings is 1. The number of fused-ring (bicyclic) bond motifs is 1. The Balaban J connectivity index is 1.50. The van der Waals surface area contributed by atoms with Gasteiger partial charge in [-0.3, -0.25) is 9.20 Å². The molecule has 4 rings (SSSR count). The Morgan fingerprint density at radius 3 is 2.44 bits per heavy atom. The second kappa shape index (κ2) is 8.19. The van der Waals surface area contributed by atoms with Crippen LogP contribution >= 0.6 is 0 Å². The van der Waals surface area contributed by atoms with Gasteiger partial charge in [-0.05, 0) is 36.2 Å². The van der Waals surface area contributed by atoms with Crippen molar-refractivity contribution >= 4 is 21.4 Å². The predicted octanol–water partition coefficient (Wildman–Crippen LogP) is 4.40. The molecule has 0 spiro atoms. The zero-order valence-corrected chi connectivity index (χ0v) is 17.3. The van der Waals surface area contributed by atoms with Gasteiger partial charge in [0.15, 0.2) is 5.78 Å². The van der Waals surface area contributed by atoms with E-state index < -0.39 is 26.5 Å². The first kappa shape index (κ1) is 21.7. The number of nitrogens with zero attached hydrogens (tertiary/aromatic N) is 3. The maximum atomic E-state index is 13.2. The third kappa shape index (κ3) is 4.26. The van der Waals surface area contributed by atoms with Gasteiger partial charge in [-0.2, -0.15) is 13.2 Å². The Hall–Kier alpha value is -3.53. The van der Waals surface area contributed by atoms with Gasteiger partial charge in [-0.15, -0.1) is 0 Å². The highest BCUT2D eigenvalue weighted by atomic mass is 32.2. The highest BCUT2D eigenvalue weighted by Gasteiger charge is 2.37. The summed E-state index contributed by atoms with van der Waals surface area (Å²) < 4.78 is 66.9. The quantitative estimate of drug-likeness (QED) is 0.400. The molecule has 0 aliphatic heterocycles. The minimum absolute atomic E-state index is 0.149. The normalized spacial score (nSPS) is 12.2. The third-order valence-corrected chi connectivity index (χ3v) is 6.75. The fourth-order valence-corrected chi connectivity index (χ4v) is 4.74. The summed E-state index contributed by atoms with van der Waals surface area (Å²) in [6.07, 6.45) is 2.02. The fraction of sp³-hybridized carbons (Fsp3) is 0.136. The van der Waals surface area contributed by atoms with E-state index in [1.165, 1.54) is 36.5 Å². The van der Waals surface area contributed by atoms with Gasteiger partial charge >= 0.3 is 6.18 Å². The lowest BCUT2D eigenvalue weighted by Crippen LogP contribution is -2.13. The molecule has 2 aromatic carbocycles. The summed E-state index contributed by atoms with van der Waals surface area (Å²) in [7, 11) is -4.36. The van der Waals surface area contributed by atoms with E-state index in [9.17, 15) is 26.4 Å². The van der Waals surface area contributed by atoms with E-state index >= 15 is 0 Å². The monoisotopic (exact) mass is 459 g/mol. The van der Waals surface area contributed by atoms with Crippen LogP contribution in [0.3, 0.4) is 0 Å². The van der Waals surface area contributed by atoms with E-state index in [0.29, 0.717) is 23.3 Å². The molecule has 0 saturated heterocycles. The summed E-state index contributed by atoms with van der Waals surface area (Å²) >= 11 is 0. The first-order chi connectivity index (χ1) is 15.2. The van der Waals surface area contributed by atoms with Crippen molar-refractivity contribution in [3.05, 3.63) is 90.0 Å². The number of alkyl halides is 3. The molecule has 0 bridgehead atoms. The molecule has 0 aliphatic carbocycles. The summed E-state index contributed by atoms with van der Waals surface area (Å²) in [4.78, 5) is 19.5. The fourth-order valence-electron chi connectivity index (χ4n) is 3.26. The number of halogens is 3. The zero-order chi connectivity index (χ0) is 22.9. The molecule has 2 aromatic heterocycles. The second-order valence-electron chi connectivity index (χ2n) is 7.04. The molecule has 0 aliphatic rings. The zero-order valence-electron chi connectivity index (χ0n) is 16.5. The molecule has 4 aromatic rings. The van der Waals surface area contributed by atoms with E-state index in [1.807, 2.05) is 0 Å². The van der Waals surface area contributed by atoms with Gasteiger partial charge in [0, 0.05) is 31.2 Å². The summed E-state index contributed by atoms with van der Waals surface area (Å²) in [5, 5.41) is 0. The van der Waals surface area contributed by atoms with Gasteiger partial charge in [-0.1, -0.05) is 24.3 Å². The number of aryl methyl sites for hydroxylation is 1. The molecule has 10 heteroatoms. The minimum Gasteiger partial charge on any atom is -0.294 e. The van der Waals surface area contributed by atoms with Crippen LogP contribution in [0.15, 0.2) is 83.1 Å². The van der Waals surface area contributed by atoms with Crippen LogP contribution in [0.4, 0.5) is 13.2 Å². The highest BCUT2D eigenvalue weighted by molar-refractivity contribution is 7.91. The van der Waals surface area contributed by atoms with Crippen molar-refractivity contribution in [1.82, 2.24) is 14.4 Å². The van der Waals surface area contributed by atoms with Gasteiger partial charge in [0.25, 0.3) is 0 Å². The number of ketones is 1. The number of Topliss-reactive ketones (excluding diaryl/α,β-unsaturated/α-hetero) is 1. The Morgan fingerprint density at radius 1 is 1.00 bits per heavy atom.